The van der Waals surface area contributed by atoms with Crippen molar-refractivity contribution >= 4 is 40.7 Å². The monoisotopic (exact) mass is 400 g/mol. The molecule has 0 aliphatic heterocycles. The Balaban J connectivity index is 1.58. The summed E-state index contributed by atoms with van der Waals surface area (Å²) in [7, 11) is 1.54. The van der Waals surface area contributed by atoms with Crippen LogP contribution in [0.15, 0.2) is 42.5 Å². The van der Waals surface area contributed by atoms with Crippen LogP contribution in [0.3, 0.4) is 0 Å². The molecule has 7 nitrogen and oxygen atoms in total. The van der Waals surface area contributed by atoms with Crippen molar-refractivity contribution in [2.75, 3.05) is 24.2 Å². The fourth-order valence-corrected chi connectivity index (χ4v) is 2.75. The lowest BCUT2D eigenvalue weighted by Gasteiger charge is -2.11. The van der Waals surface area contributed by atoms with Crippen molar-refractivity contribution in [2.24, 2.45) is 0 Å². The van der Waals surface area contributed by atoms with Crippen molar-refractivity contribution in [3.8, 4) is 0 Å². The van der Waals surface area contributed by atoms with E-state index in [9.17, 15) is 14.4 Å². The van der Waals surface area contributed by atoms with E-state index in [4.69, 9.17) is 11.6 Å². The fraction of sp³-hybridized carbons (Fsp3) is 0.250. The van der Waals surface area contributed by atoms with Gasteiger partial charge < -0.3 is 21.3 Å². The first-order valence-corrected chi connectivity index (χ1v) is 9.30. The lowest BCUT2D eigenvalue weighted by atomic mass is 10.2. The van der Waals surface area contributed by atoms with E-state index in [-0.39, 0.29) is 30.3 Å². The molecule has 3 amide bonds. The third-order valence-corrected chi connectivity index (χ3v) is 4.55. The van der Waals surface area contributed by atoms with Gasteiger partial charge in [-0.15, -0.1) is 0 Å². The van der Waals surface area contributed by atoms with Crippen LogP contribution in [0.5, 0.6) is 0 Å². The molecule has 0 atom stereocenters. The van der Waals surface area contributed by atoms with Crippen molar-refractivity contribution in [1.82, 2.24) is 10.6 Å². The van der Waals surface area contributed by atoms with Gasteiger partial charge in [0.25, 0.3) is 11.8 Å². The Hall–Kier alpha value is -3.06. The molecule has 3 rings (SSSR count). The summed E-state index contributed by atoms with van der Waals surface area (Å²) >= 11 is 6.12. The molecule has 0 bridgehead atoms. The van der Waals surface area contributed by atoms with Crippen LogP contribution in [-0.4, -0.2) is 37.4 Å². The Morgan fingerprint density at radius 3 is 2.50 bits per heavy atom. The minimum absolute atomic E-state index is 0.0462. The molecule has 0 unspecified atom stereocenters. The van der Waals surface area contributed by atoms with Gasteiger partial charge in [-0.05, 0) is 49.2 Å². The van der Waals surface area contributed by atoms with Gasteiger partial charge in [-0.1, -0.05) is 17.7 Å². The minimum atomic E-state index is -0.304. The van der Waals surface area contributed by atoms with E-state index in [2.05, 4.69) is 21.3 Å². The van der Waals surface area contributed by atoms with Crippen LogP contribution in [-0.2, 0) is 4.79 Å². The highest BCUT2D eigenvalue weighted by molar-refractivity contribution is 6.33. The zero-order valence-corrected chi connectivity index (χ0v) is 16.1. The molecule has 4 N–H and O–H groups in total. The molecule has 1 aliphatic carbocycles. The first kappa shape index (κ1) is 19.7. The number of nitrogens with one attached hydrogen (secondary N) is 4. The van der Waals surface area contributed by atoms with E-state index < -0.39 is 0 Å². The third-order valence-electron chi connectivity index (χ3n) is 4.22. The molecule has 2 aromatic carbocycles. The van der Waals surface area contributed by atoms with Crippen LogP contribution in [0.4, 0.5) is 11.4 Å². The van der Waals surface area contributed by atoms with Gasteiger partial charge in [0.15, 0.2) is 0 Å². The zero-order chi connectivity index (χ0) is 20.1. The molecule has 1 aliphatic rings. The zero-order valence-electron chi connectivity index (χ0n) is 15.3. The first-order valence-electron chi connectivity index (χ1n) is 8.92. The summed E-state index contributed by atoms with van der Waals surface area (Å²) < 4.78 is 0. The smallest absolute Gasteiger partial charge is 0.251 e. The molecular formula is C20H21ClN4O3. The SMILES string of the molecule is CNC(=O)c1ccc(Cl)c(NCC(=O)Nc2cccc(C(=O)NC3CC3)c2)c1. The van der Waals surface area contributed by atoms with E-state index in [0.29, 0.717) is 27.5 Å². The van der Waals surface area contributed by atoms with Gasteiger partial charge >= 0.3 is 0 Å². The number of benzene rings is 2. The first-order chi connectivity index (χ1) is 13.5. The second kappa shape index (κ2) is 8.75. The summed E-state index contributed by atoms with van der Waals surface area (Å²) in [5.74, 6) is -0.693. The normalized spacial score (nSPS) is 12.8. The Morgan fingerprint density at radius 2 is 1.79 bits per heavy atom. The molecular weight excluding hydrogens is 380 g/mol. The van der Waals surface area contributed by atoms with Crippen LogP contribution in [0.2, 0.25) is 5.02 Å². The van der Waals surface area contributed by atoms with Gasteiger partial charge in [0.05, 0.1) is 17.3 Å². The van der Waals surface area contributed by atoms with Crippen LogP contribution >= 0.6 is 11.6 Å². The quantitative estimate of drug-likeness (QED) is 0.574. The average Bonchev–Trinajstić information content (AvgIpc) is 3.51. The number of hydrogen-bond donors (Lipinski definition) is 4. The highest BCUT2D eigenvalue weighted by Crippen LogP contribution is 2.23. The summed E-state index contributed by atoms with van der Waals surface area (Å²) in [4.78, 5) is 36.1. The van der Waals surface area contributed by atoms with Gasteiger partial charge in [-0.3, -0.25) is 14.4 Å². The number of rotatable bonds is 7. The van der Waals surface area contributed by atoms with Gasteiger partial charge in [-0.2, -0.15) is 0 Å². The molecule has 0 heterocycles. The molecule has 0 radical (unpaired) electrons. The summed E-state index contributed by atoms with van der Waals surface area (Å²) in [6.07, 6.45) is 2.02. The average molecular weight is 401 g/mol. The van der Waals surface area contributed by atoms with Gasteiger partial charge in [0, 0.05) is 29.9 Å². The van der Waals surface area contributed by atoms with E-state index >= 15 is 0 Å². The lowest BCUT2D eigenvalue weighted by molar-refractivity contribution is -0.114. The number of carbonyl (C=O) groups excluding carboxylic acids is 3. The molecule has 28 heavy (non-hydrogen) atoms. The Morgan fingerprint density at radius 1 is 1.04 bits per heavy atom. The summed E-state index contributed by atoms with van der Waals surface area (Å²) in [5, 5.41) is 11.5. The van der Waals surface area contributed by atoms with Crippen molar-refractivity contribution in [2.45, 2.75) is 18.9 Å². The molecule has 2 aromatic rings. The van der Waals surface area contributed by atoms with Crippen molar-refractivity contribution in [3.63, 3.8) is 0 Å². The highest BCUT2D eigenvalue weighted by atomic mass is 35.5. The highest BCUT2D eigenvalue weighted by Gasteiger charge is 2.23. The number of hydrogen-bond acceptors (Lipinski definition) is 4. The van der Waals surface area contributed by atoms with Gasteiger partial charge in [0.2, 0.25) is 5.91 Å². The maximum absolute atomic E-state index is 12.2. The molecule has 8 heteroatoms. The molecule has 0 saturated heterocycles. The Labute approximate surface area is 167 Å². The summed E-state index contributed by atoms with van der Waals surface area (Å²) in [5.41, 5.74) is 1.94. The number of carbonyl (C=O) groups is 3. The second-order valence-corrected chi connectivity index (χ2v) is 6.91. The standard InChI is InChI=1S/C20H21ClN4O3/c1-22-19(27)13-5-8-16(21)17(10-13)23-11-18(26)24-15-4-2-3-12(9-15)20(28)25-14-6-7-14/h2-5,8-10,14,23H,6-7,11H2,1H3,(H,22,27)(H,24,26)(H,25,28). The van der Waals surface area contributed by atoms with Crippen LogP contribution < -0.4 is 21.3 Å². The van der Waals surface area contributed by atoms with E-state index in [1.807, 2.05) is 0 Å². The van der Waals surface area contributed by atoms with E-state index in [1.54, 1.807) is 42.5 Å². The van der Waals surface area contributed by atoms with Crippen LogP contribution in [0, 0.1) is 0 Å². The third kappa shape index (κ3) is 5.23. The Kier molecular flexibility index (Phi) is 6.16. The lowest BCUT2D eigenvalue weighted by Crippen LogP contribution is -2.26. The second-order valence-electron chi connectivity index (χ2n) is 6.50. The molecule has 1 saturated carbocycles. The maximum Gasteiger partial charge on any atom is 0.251 e. The largest absolute Gasteiger partial charge is 0.375 e. The Bertz CT molecular complexity index is 912. The number of anilines is 2. The maximum atomic E-state index is 12.2. The van der Waals surface area contributed by atoms with Crippen LogP contribution in [0.25, 0.3) is 0 Å². The predicted molar refractivity (Wildman–Crippen MR) is 109 cm³/mol. The van der Waals surface area contributed by atoms with Crippen LogP contribution in [0.1, 0.15) is 33.6 Å². The van der Waals surface area contributed by atoms with Gasteiger partial charge in [-0.25, -0.2) is 0 Å². The van der Waals surface area contributed by atoms with E-state index in [0.717, 1.165) is 12.8 Å². The van der Waals surface area contributed by atoms with Crippen molar-refractivity contribution < 1.29 is 14.4 Å². The molecule has 1 fully saturated rings. The minimum Gasteiger partial charge on any atom is -0.375 e. The van der Waals surface area contributed by atoms with E-state index in [1.165, 1.54) is 7.05 Å². The number of amides is 3. The molecule has 146 valence electrons. The molecule has 0 aromatic heterocycles. The molecule has 0 spiro atoms. The van der Waals surface area contributed by atoms with Gasteiger partial charge in [0.1, 0.15) is 0 Å². The fourth-order valence-electron chi connectivity index (χ4n) is 2.56. The van der Waals surface area contributed by atoms with Crippen molar-refractivity contribution in [1.29, 1.82) is 0 Å². The summed E-state index contributed by atoms with van der Waals surface area (Å²) in [6, 6.07) is 11.8. The predicted octanol–water partition coefficient (Wildman–Crippen LogP) is 2.64. The van der Waals surface area contributed by atoms with Crippen molar-refractivity contribution in [3.05, 3.63) is 58.6 Å². The topological polar surface area (TPSA) is 99.3 Å². The summed E-state index contributed by atoms with van der Waals surface area (Å²) in [6.45, 7) is -0.0462. The number of halogens is 1.